The van der Waals surface area contributed by atoms with Crippen LogP contribution >= 0.6 is 0 Å². The zero-order chi connectivity index (χ0) is 18.5. The molecule has 1 heterocycles. The van der Waals surface area contributed by atoms with Crippen LogP contribution in [0.3, 0.4) is 0 Å². The van der Waals surface area contributed by atoms with Gasteiger partial charge in [-0.25, -0.2) is 9.78 Å². The van der Waals surface area contributed by atoms with Gasteiger partial charge in [-0.1, -0.05) is 0 Å². The average Bonchev–Trinajstić information content (AvgIpc) is 2.66. The van der Waals surface area contributed by atoms with Crippen molar-refractivity contribution < 1.29 is 9.53 Å². The molecule has 0 saturated heterocycles. The number of anilines is 2. The van der Waals surface area contributed by atoms with Crippen molar-refractivity contribution in [3.05, 3.63) is 11.3 Å². The van der Waals surface area contributed by atoms with Crippen LogP contribution < -0.4 is 15.5 Å². The van der Waals surface area contributed by atoms with Crippen molar-refractivity contribution >= 4 is 17.9 Å². The highest BCUT2D eigenvalue weighted by Gasteiger charge is 2.24. The summed E-state index contributed by atoms with van der Waals surface area (Å²) in [7, 11) is 5.51. The summed E-state index contributed by atoms with van der Waals surface area (Å²) in [6.45, 7) is 0.694. The third kappa shape index (κ3) is 4.56. The minimum absolute atomic E-state index is 0.344. The van der Waals surface area contributed by atoms with Gasteiger partial charge >= 0.3 is 6.09 Å². The molecule has 2 aliphatic rings. The number of hydrogen-bond donors (Lipinski definition) is 2. The molecule has 0 unspecified atom stereocenters. The Labute approximate surface area is 155 Å². The van der Waals surface area contributed by atoms with Gasteiger partial charge in [0.1, 0.15) is 5.82 Å². The molecule has 0 aliphatic heterocycles. The van der Waals surface area contributed by atoms with Crippen LogP contribution in [0.25, 0.3) is 0 Å². The lowest BCUT2D eigenvalue weighted by atomic mass is 9.86. The number of carbonyl (C=O) groups is 1. The Balaban J connectivity index is 1.58. The molecule has 0 atom stereocenters. The number of ether oxygens (including phenoxy) is 1. The van der Waals surface area contributed by atoms with E-state index >= 15 is 0 Å². The predicted molar refractivity (Wildman–Crippen MR) is 103 cm³/mol. The SMILES string of the molecule is COC(=O)NCC1CCC(Nc2nc3c(c(N(C)C)n2)CCCC3)CC1. The average molecular weight is 361 g/mol. The zero-order valence-electron chi connectivity index (χ0n) is 16.2. The van der Waals surface area contributed by atoms with Crippen molar-refractivity contribution in [2.24, 2.45) is 5.92 Å². The molecule has 1 aromatic rings. The van der Waals surface area contributed by atoms with E-state index in [9.17, 15) is 4.79 Å². The Hall–Kier alpha value is -2.05. The van der Waals surface area contributed by atoms with Gasteiger partial charge < -0.3 is 20.3 Å². The lowest BCUT2D eigenvalue weighted by Crippen LogP contribution is -2.34. The fourth-order valence-electron chi connectivity index (χ4n) is 4.00. The van der Waals surface area contributed by atoms with Gasteiger partial charge in [0.25, 0.3) is 0 Å². The van der Waals surface area contributed by atoms with Crippen molar-refractivity contribution in [1.82, 2.24) is 15.3 Å². The molecule has 1 saturated carbocycles. The van der Waals surface area contributed by atoms with Crippen LogP contribution in [-0.4, -0.2) is 49.9 Å². The number of rotatable bonds is 5. The molecule has 1 amide bonds. The maximum atomic E-state index is 11.2. The number of nitrogens with one attached hydrogen (secondary N) is 2. The monoisotopic (exact) mass is 361 g/mol. The Morgan fingerprint density at radius 3 is 2.58 bits per heavy atom. The summed E-state index contributed by atoms with van der Waals surface area (Å²) in [5.41, 5.74) is 2.54. The first kappa shape index (κ1) is 18.7. The molecular formula is C19H31N5O2. The lowest BCUT2D eigenvalue weighted by Gasteiger charge is -2.30. The molecule has 7 heteroatoms. The normalized spacial score (nSPS) is 22.3. The maximum Gasteiger partial charge on any atom is 0.406 e. The van der Waals surface area contributed by atoms with E-state index in [1.807, 2.05) is 0 Å². The summed E-state index contributed by atoms with van der Waals surface area (Å²) < 4.78 is 4.63. The van der Waals surface area contributed by atoms with Crippen molar-refractivity contribution in [3.8, 4) is 0 Å². The number of methoxy groups -OCH3 is 1. The van der Waals surface area contributed by atoms with Gasteiger partial charge in [-0.05, 0) is 57.3 Å². The Bertz CT molecular complexity index is 627. The minimum atomic E-state index is -0.344. The van der Waals surface area contributed by atoms with Crippen molar-refractivity contribution in [3.63, 3.8) is 0 Å². The molecule has 0 aromatic carbocycles. The molecule has 0 spiro atoms. The highest BCUT2D eigenvalue weighted by molar-refractivity contribution is 5.66. The third-order valence-corrected chi connectivity index (χ3v) is 5.49. The number of amides is 1. The zero-order valence-corrected chi connectivity index (χ0v) is 16.2. The van der Waals surface area contributed by atoms with E-state index in [1.165, 1.54) is 31.2 Å². The lowest BCUT2D eigenvalue weighted by molar-refractivity contribution is 0.167. The Morgan fingerprint density at radius 1 is 1.15 bits per heavy atom. The first-order valence-corrected chi connectivity index (χ1v) is 9.72. The fourth-order valence-corrected chi connectivity index (χ4v) is 4.00. The molecule has 2 N–H and O–H groups in total. The van der Waals surface area contributed by atoms with Crippen LogP contribution in [0.1, 0.15) is 49.8 Å². The second-order valence-corrected chi connectivity index (χ2v) is 7.63. The number of aromatic nitrogens is 2. The fraction of sp³-hybridized carbons (Fsp3) is 0.737. The van der Waals surface area contributed by atoms with E-state index in [4.69, 9.17) is 9.97 Å². The number of hydrogen-bond acceptors (Lipinski definition) is 6. The van der Waals surface area contributed by atoms with Gasteiger partial charge in [-0.3, -0.25) is 0 Å². The molecule has 3 rings (SSSR count). The van der Waals surface area contributed by atoms with E-state index < -0.39 is 0 Å². The van der Waals surface area contributed by atoms with Crippen molar-refractivity contribution in [2.45, 2.75) is 57.4 Å². The summed E-state index contributed by atoms with van der Waals surface area (Å²) in [6, 6.07) is 0.404. The third-order valence-electron chi connectivity index (χ3n) is 5.49. The molecule has 26 heavy (non-hydrogen) atoms. The molecule has 7 nitrogen and oxygen atoms in total. The number of alkyl carbamates (subject to hydrolysis) is 1. The molecule has 1 fully saturated rings. The quantitative estimate of drug-likeness (QED) is 0.839. The summed E-state index contributed by atoms with van der Waals surface area (Å²) >= 11 is 0. The first-order valence-electron chi connectivity index (χ1n) is 9.72. The van der Waals surface area contributed by atoms with Crippen LogP contribution in [-0.2, 0) is 17.6 Å². The van der Waals surface area contributed by atoms with Gasteiger partial charge in [-0.2, -0.15) is 4.98 Å². The van der Waals surface area contributed by atoms with Crippen LogP contribution in [0.4, 0.5) is 16.6 Å². The molecule has 1 aromatic heterocycles. The second kappa shape index (κ2) is 8.56. The molecule has 0 bridgehead atoms. The van der Waals surface area contributed by atoms with E-state index in [2.05, 4.69) is 34.4 Å². The minimum Gasteiger partial charge on any atom is -0.453 e. The van der Waals surface area contributed by atoms with E-state index in [-0.39, 0.29) is 6.09 Å². The van der Waals surface area contributed by atoms with E-state index in [1.54, 1.807) is 0 Å². The van der Waals surface area contributed by atoms with E-state index in [0.717, 1.165) is 50.3 Å². The summed E-state index contributed by atoms with van der Waals surface area (Å²) in [6.07, 6.45) is 8.57. The highest BCUT2D eigenvalue weighted by atomic mass is 16.5. The van der Waals surface area contributed by atoms with Crippen molar-refractivity contribution in [2.75, 3.05) is 38.0 Å². The first-order chi connectivity index (χ1) is 12.6. The van der Waals surface area contributed by atoms with Gasteiger partial charge in [-0.15, -0.1) is 0 Å². The smallest absolute Gasteiger partial charge is 0.406 e. The molecular weight excluding hydrogens is 330 g/mol. The second-order valence-electron chi connectivity index (χ2n) is 7.63. The van der Waals surface area contributed by atoms with Crippen LogP contribution in [0.2, 0.25) is 0 Å². The van der Waals surface area contributed by atoms with Gasteiger partial charge in [0.15, 0.2) is 0 Å². The van der Waals surface area contributed by atoms with Crippen LogP contribution in [0, 0.1) is 5.92 Å². The van der Waals surface area contributed by atoms with E-state index in [0.29, 0.717) is 18.5 Å². The number of carbonyl (C=O) groups excluding carboxylic acids is 1. The topological polar surface area (TPSA) is 79.4 Å². The standard InChI is InChI=1S/C19H31N5O2/c1-24(2)17-15-6-4-5-7-16(15)22-18(23-17)21-14-10-8-13(9-11-14)12-20-19(25)26-3/h13-14H,4-12H2,1-3H3,(H,20,25)(H,21,22,23). The summed E-state index contributed by atoms with van der Waals surface area (Å²) in [4.78, 5) is 22.9. The largest absolute Gasteiger partial charge is 0.453 e. The number of aryl methyl sites for hydroxylation is 1. The Kier molecular flexibility index (Phi) is 6.16. The maximum absolute atomic E-state index is 11.2. The summed E-state index contributed by atoms with van der Waals surface area (Å²) in [5, 5.41) is 6.37. The Morgan fingerprint density at radius 2 is 1.88 bits per heavy atom. The molecule has 0 radical (unpaired) electrons. The van der Waals surface area contributed by atoms with Gasteiger partial charge in [0.2, 0.25) is 5.95 Å². The number of fused-ring (bicyclic) bond motifs is 1. The molecule has 2 aliphatic carbocycles. The van der Waals surface area contributed by atoms with Gasteiger partial charge in [0.05, 0.1) is 12.8 Å². The number of nitrogens with zero attached hydrogens (tertiary/aromatic N) is 3. The predicted octanol–water partition coefficient (Wildman–Crippen LogP) is 2.75. The molecule has 144 valence electrons. The van der Waals surface area contributed by atoms with Crippen LogP contribution in [0.5, 0.6) is 0 Å². The van der Waals surface area contributed by atoms with Gasteiger partial charge in [0, 0.05) is 32.2 Å². The summed E-state index contributed by atoms with van der Waals surface area (Å²) in [5.74, 6) is 2.35. The van der Waals surface area contributed by atoms with Crippen LogP contribution in [0.15, 0.2) is 0 Å². The van der Waals surface area contributed by atoms with Crippen molar-refractivity contribution in [1.29, 1.82) is 0 Å². The highest BCUT2D eigenvalue weighted by Crippen LogP contribution is 2.30.